The molecule has 0 radical (unpaired) electrons. The molecule has 6 rings (SSSR count). The number of aromatic nitrogens is 1. The number of pyridine rings is 1. The molecule has 1 aliphatic rings. The highest BCUT2D eigenvalue weighted by Gasteiger charge is 2.24. The summed E-state index contributed by atoms with van der Waals surface area (Å²) in [4.78, 5) is 4.91. The van der Waals surface area contributed by atoms with Gasteiger partial charge >= 0.3 is 0 Å². The quantitative estimate of drug-likeness (QED) is 0.254. The Balaban J connectivity index is 1.65. The highest BCUT2D eigenvalue weighted by Crippen LogP contribution is 2.50. The zero-order valence-electron chi connectivity index (χ0n) is 19.1. The maximum absolute atomic E-state index is 6.72. The van der Waals surface area contributed by atoms with E-state index in [0.717, 1.165) is 44.7 Å². The molecule has 0 amide bonds. The van der Waals surface area contributed by atoms with Crippen LogP contribution in [-0.4, -0.2) is 13.1 Å². The van der Waals surface area contributed by atoms with Gasteiger partial charge in [0.1, 0.15) is 11.5 Å². The van der Waals surface area contributed by atoms with Crippen molar-refractivity contribution in [1.29, 1.82) is 0 Å². The van der Waals surface area contributed by atoms with Crippen molar-refractivity contribution >= 4 is 24.0 Å². The highest BCUT2D eigenvalue weighted by atomic mass is 28.3. The lowest BCUT2D eigenvalue weighted by Gasteiger charge is -2.18. The topological polar surface area (TPSA) is 22.1 Å². The van der Waals surface area contributed by atoms with Crippen LogP contribution in [0.5, 0.6) is 11.5 Å². The van der Waals surface area contributed by atoms with Crippen molar-refractivity contribution in [1.82, 2.24) is 4.98 Å². The molecule has 0 atom stereocenters. The minimum Gasteiger partial charge on any atom is -0.455 e. The molecule has 1 aromatic heterocycles. The summed E-state index contributed by atoms with van der Waals surface area (Å²) in [6.45, 7) is 7.05. The SMILES string of the molecule is C[Si](C)(C)c1ccc(-c2cccc3ccc4c(c23)Oc2ccccc2-c2ccccc2-4)nc1. The van der Waals surface area contributed by atoms with E-state index in [1.165, 1.54) is 16.3 Å². The fourth-order valence-electron chi connectivity index (χ4n) is 4.72. The van der Waals surface area contributed by atoms with E-state index in [2.05, 4.69) is 111 Å². The van der Waals surface area contributed by atoms with Crippen LogP contribution >= 0.6 is 0 Å². The molecule has 33 heavy (non-hydrogen) atoms. The molecule has 0 saturated heterocycles. The molecule has 5 aromatic rings. The third-order valence-electron chi connectivity index (χ3n) is 6.51. The molecular formula is C30H25NOSi. The molecule has 0 unspecified atom stereocenters. The lowest BCUT2D eigenvalue weighted by atomic mass is 9.91. The maximum atomic E-state index is 6.72. The monoisotopic (exact) mass is 443 g/mol. The largest absolute Gasteiger partial charge is 0.455 e. The fourth-order valence-corrected chi connectivity index (χ4v) is 5.75. The second-order valence-corrected chi connectivity index (χ2v) is 14.7. The van der Waals surface area contributed by atoms with E-state index in [1.807, 2.05) is 6.07 Å². The second kappa shape index (κ2) is 7.43. The summed E-state index contributed by atoms with van der Waals surface area (Å²) in [6, 6.07) is 32.1. The van der Waals surface area contributed by atoms with E-state index in [0.29, 0.717) is 0 Å². The number of para-hydroxylation sites is 1. The highest BCUT2D eigenvalue weighted by molar-refractivity contribution is 6.88. The van der Waals surface area contributed by atoms with Gasteiger partial charge < -0.3 is 4.74 Å². The smallest absolute Gasteiger partial charge is 0.143 e. The summed E-state index contributed by atoms with van der Waals surface area (Å²) in [7, 11) is -1.41. The molecule has 0 saturated carbocycles. The van der Waals surface area contributed by atoms with Gasteiger partial charge in [-0.1, -0.05) is 92.4 Å². The second-order valence-electron chi connectivity index (χ2n) is 9.67. The molecule has 4 aromatic carbocycles. The van der Waals surface area contributed by atoms with Crippen LogP contribution in [0.2, 0.25) is 19.6 Å². The number of hydrogen-bond donors (Lipinski definition) is 0. The molecule has 3 heteroatoms. The Morgan fingerprint density at radius 2 is 1.30 bits per heavy atom. The van der Waals surface area contributed by atoms with Crippen molar-refractivity contribution in [3.8, 4) is 45.0 Å². The Labute approximate surface area is 195 Å². The molecule has 2 nitrogen and oxygen atoms in total. The van der Waals surface area contributed by atoms with E-state index >= 15 is 0 Å². The van der Waals surface area contributed by atoms with Gasteiger partial charge in [0.2, 0.25) is 0 Å². The van der Waals surface area contributed by atoms with E-state index in [1.54, 1.807) is 0 Å². The lowest BCUT2D eigenvalue weighted by Crippen LogP contribution is -2.37. The van der Waals surface area contributed by atoms with Gasteiger partial charge in [-0.3, -0.25) is 4.98 Å². The predicted molar refractivity (Wildman–Crippen MR) is 141 cm³/mol. The minimum absolute atomic E-state index is 0.882. The Morgan fingerprint density at radius 3 is 2.03 bits per heavy atom. The molecule has 0 aliphatic carbocycles. The number of fused-ring (bicyclic) bond motifs is 7. The number of benzene rings is 4. The summed E-state index contributed by atoms with van der Waals surface area (Å²) in [5, 5.41) is 3.62. The molecule has 1 aliphatic heterocycles. The van der Waals surface area contributed by atoms with E-state index in [-0.39, 0.29) is 0 Å². The summed E-state index contributed by atoms with van der Waals surface area (Å²) in [5.74, 6) is 1.78. The van der Waals surface area contributed by atoms with Crippen molar-refractivity contribution in [2.45, 2.75) is 19.6 Å². The van der Waals surface area contributed by atoms with Gasteiger partial charge in [-0.25, -0.2) is 0 Å². The standard InChI is InChI=1S/C30H25NOSi/c1-33(2,3)21-16-18-27(31-19-21)26-13-8-9-20-15-17-25-23-11-5-4-10-22(23)24-12-6-7-14-28(24)32-30(25)29(20)26/h4-19H,1-3H3. The molecule has 0 fully saturated rings. The predicted octanol–water partition coefficient (Wildman–Crippen LogP) is 7.89. The minimum atomic E-state index is -1.41. The Kier molecular flexibility index (Phi) is 4.49. The Hall–Kier alpha value is -3.69. The average molecular weight is 444 g/mol. The number of hydrogen-bond acceptors (Lipinski definition) is 2. The van der Waals surface area contributed by atoms with E-state index in [9.17, 15) is 0 Å². The first kappa shape index (κ1) is 20.0. The molecule has 2 heterocycles. The van der Waals surface area contributed by atoms with Gasteiger partial charge in [-0.2, -0.15) is 0 Å². The van der Waals surface area contributed by atoms with Crippen LogP contribution in [0.25, 0.3) is 44.3 Å². The van der Waals surface area contributed by atoms with Gasteiger partial charge in [0.05, 0.1) is 13.8 Å². The first-order valence-electron chi connectivity index (χ1n) is 11.4. The molecule has 0 spiro atoms. The van der Waals surface area contributed by atoms with Crippen molar-refractivity contribution in [3.05, 3.63) is 97.2 Å². The van der Waals surface area contributed by atoms with E-state index < -0.39 is 8.07 Å². The maximum Gasteiger partial charge on any atom is 0.143 e. The van der Waals surface area contributed by atoms with Crippen molar-refractivity contribution in [3.63, 3.8) is 0 Å². The fraction of sp³-hybridized carbons (Fsp3) is 0.100. The van der Waals surface area contributed by atoms with Crippen molar-refractivity contribution < 1.29 is 4.74 Å². The van der Waals surface area contributed by atoms with Crippen molar-refractivity contribution in [2.24, 2.45) is 0 Å². The summed E-state index contributed by atoms with van der Waals surface area (Å²) in [6.07, 6.45) is 2.06. The summed E-state index contributed by atoms with van der Waals surface area (Å²) < 4.78 is 6.72. The molecule has 160 valence electrons. The van der Waals surface area contributed by atoms with Gasteiger partial charge in [-0.15, -0.1) is 0 Å². The first-order chi connectivity index (χ1) is 16.0. The van der Waals surface area contributed by atoms with Crippen LogP contribution in [0, 0.1) is 0 Å². The third-order valence-corrected chi connectivity index (χ3v) is 8.54. The number of rotatable bonds is 2. The lowest BCUT2D eigenvalue weighted by molar-refractivity contribution is 0.493. The van der Waals surface area contributed by atoms with Crippen LogP contribution in [0.15, 0.2) is 97.2 Å². The average Bonchev–Trinajstić information content (AvgIpc) is 2.98. The molecular weight excluding hydrogens is 418 g/mol. The van der Waals surface area contributed by atoms with Crippen LogP contribution in [0.3, 0.4) is 0 Å². The summed E-state index contributed by atoms with van der Waals surface area (Å²) in [5.41, 5.74) is 6.69. The van der Waals surface area contributed by atoms with Gasteiger partial charge in [0, 0.05) is 28.3 Å². The molecule has 0 N–H and O–H groups in total. The zero-order valence-corrected chi connectivity index (χ0v) is 20.1. The Bertz CT molecular complexity index is 1510. The van der Waals surface area contributed by atoms with Gasteiger partial charge in [-0.05, 0) is 39.9 Å². The van der Waals surface area contributed by atoms with Gasteiger partial charge in [0.25, 0.3) is 0 Å². The van der Waals surface area contributed by atoms with Crippen LogP contribution in [-0.2, 0) is 0 Å². The summed E-state index contributed by atoms with van der Waals surface area (Å²) >= 11 is 0. The number of nitrogens with zero attached hydrogens (tertiary/aromatic N) is 1. The van der Waals surface area contributed by atoms with Crippen LogP contribution in [0.4, 0.5) is 0 Å². The van der Waals surface area contributed by atoms with Crippen LogP contribution in [0.1, 0.15) is 0 Å². The van der Waals surface area contributed by atoms with Crippen molar-refractivity contribution in [2.75, 3.05) is 0 Å². The molecule has 0 bridgehead atoms. The van der Waals surface area contributed by atoms with Crippen LogP contribution < -0.4 is 9.92 Å². The van der Waals surface area contributed by atoms with Gasteiger partial charge in [0.15, 0.2) is 0 Å². The third kappa shape index (κ3) is 3.28. The number of ether oxygens (including phenoxy) is 1. The zero-order chi connectivity index (χ0) is 22.6. The Morgan fingerprint density at radius 1 is 0.606 bits per heavy atom. The normalized spacial score (nSPS) is 12.3. The first-order valence-corrected chi connectivity index (χ1v) is 14.9. The van der Waals surface area contributed by atoms with E-state index in [4.69, 9.17) is 9.72 Å².